The Labute approximate surface area is 112 Å². The summed E-state index contributed by atoms with van der Waals surface area (Å²) < 4.78 is 19.8. The molecule has 100 valence electrons. The zero-order valence-electron chi connectivity index (χ0n) is 10.5. The molecule has 0 N–H and O–H groups in total. The number of piperidine rings is 1. The Bertz CT molecular complexity index is 401. The Morgan fingerprint density at radius 3 is 3.17 bits per heavy atom. The van der Waals surface area contributed by atoms with E-state index in [2.05, 4.69) is 4.98 Å². The van der Waals surface area contributed by atoms with Gasteiger partial charge in [0.1, 0.15) is 0 Å². The molecule has 1 aliphatic heterocycles. The van der Waals surface area contributed by atoms with E-state index in [-0.39, 0.29) is 17.8 Å². The second kappa shape index (κ2) is 6.34. The van der Waals surface area contributed by atoms with Crippen molar-refractivity contribution < 1.29 is 9.13 Å². The minimum atomic E-state index is -0.301. The van der Waals surface area contributed by atoms with Crippen LogP contribution in [0.3, 0.4) is 0 Å². The standard InChI is InChI=1S/C13H18ClFN2O/c1-2-18-11-4-3-7-17(9-11)13-12(15)10(8-14)5-6-16-13/h5-6,11H,2-4,7-9H2,1H3. The summed E-state index contributed by atoms with van der Waals surface area (Å²) in [6.45, 7) is 4.19. The van der Waals surface area contributed by atoms with Gasteiger partial charge in [0.25, 0.3) is 0 Å². The zero-order valence-corrected chi connectivity index (χ0v) is 11.3. The smallest absolute Gasteiger partial charge is 0.170 e. The molecule has 0 spiro atoms. The Hall–Kier alpha value is -0.870. The number of pyridine rings is 1. The molecule has 1 fully saturated rings. The van der Waals surface area contributed by atoms with Crippen LogP contribution in [0.2, 0.25) is 0 Å². The first kappa shape index (κ1) is 13.6. The van der Waals surface area contributed by atoms with Gasteiger partial charge in [-0.05, 0) is 25.8 Å². The van der Waals surface area contributed by atoms with Crippen LogP contribution in [0.15, 0.2) is 12.3 Å². The van der Waals surface area contributed by atoms with E-state index in [1.807, 2.05) is 11.8 Å². The topological polar surface area (TPSA) is 25.4 Å². The molecule has 1 aromatic heterocycles. The van der Waals surface area contributed by atoms with Gasteiger partial charge in [0.05, 0.1) is 12.0 Å². The quantitative estimate of drug-likeness (QED) is 0.788. The van der Waals surface area contributed by atoms with Crippen LogP contribution in [0, 0.1) is 5.82 Å². The summed E-state index contributed by atoms with van der Waals surface area (Å²) >= 11 is 5.71. The first-order valence-electron chi connectivity index (χ1n) is 6.32. The number of ether oxygens (including phenoxy) is 1. The van der Waals surface area contributed by atoms with Crippen LogP contribution in [-0.2, 0) is 10.6 Å². The summed E-state index contributed by atoms with van der Waals surface area (Å²) in [5, 5.41) is 0. The normalized spacial score (nSPS) is 20.2. The number of anilines is 1. The average molecular weight is 273 g/mol. The van der Waals surface area contributed by atoms with E-state index < -0.39 is 0 Å². The van der Waals surface area contributed by atoms with E-state index in [1.165, 1.54) is 0 Å². The molecule has 0 radical (unpaired) electrons. The molecule has 1 aromatic rings. The van der Waals surface area contributed by atoms with Crippen LogP contribution in [0.1, 0.15) is 25.3 Å². The molecule has 1 unspecified atom stereocenters. The van der Waals surface area contributed by atoms with Gasteiger partial charge in [-0.15, -0.1) is 11.6 Å². The molecule has 2 rings (SSSR count). The van der Waals surface area contributed by atoms with Gasteiger partial charge in [0, 0.05) is 31.5 Å². The first-order valence-corrected chi connectivity index (χ1v) is 6.85. The molecule has 3 nitrogen and oxygen atoms in total. The Balaban J connectivity index is 2.15. The molecular formula is C13H18ClFN2O. The number of alkyl halides is 1. The maximum atomic E-state index is 14.1. The van der Waals surface area contributed by atoms with Crippen molar-refractivity contribution in [2.45, 2.75) is 31.7 Å². The summed E-state index contributed by atoms with van der Waals surface area (Å²) in [5.74, 6) is 0.270. The van der Waals surface area contributed by atoms with Crippen molar-refractivity contribution in [2.75, 3.05) is 24.6 Å². The highest BCUT2D eigenvalue weighted by molar-refractivity contribution is 6.17. The average Bonchev–Trinajstić information content (AvgIpc) is 2.40. The lowest BCUT2D eigenvalue weighted by Gasteiger charge is -2.33. The fourth-order valence-electron chi connectivity index (χ4n) is 2.30. The summed E-state index contributed by atoms with van der Waals surface area (Å²) in [6.07, 6.45) is 3.81. The molecular weight excluding hydrogens is 255 g/mol. The van der Waals surface area contributed by atoms with Crippen molar-refractivity contribution >= 4 is 17.4 Å². The molecule has 0 aliphatic carbocycles. The van der Waals surface area contributed by atoms with Crippen molar-refractivity contribution in [3.63, 3.8) is 0 Å². The summed E-state index contributed by atoms with van der Waals surface area (Å²) in [7, 11) is 0. The molecule has 0 amide bonds. The summed E-state index contributed by atoms with van der Waals surface area (Å²) in [6, 6.07) is 1.62. The highest BCUT2D eigenvalue weighted by Gasteiger charge is 2.24. The second-order valence-corrected chi connectivity index (χ2v) is 4.67. The van der Waals surface area contributed by atoms with Crippen LogP contribution in [-0.4, -0.2) is 30.8 Å². The number of rotatable bonds is 4. The van der Waals surface area contributed by atoms with Crippen molar-refractivity contribution in [2.24, 2.45) is 0 Å². The first-order chi connectivity index (χ1) is 8.76. The van der Waals surface area contributed by atoms with Crippen LogP contribution in [0.25, 0.3) is 0 Å². The van der Waals surface area contributed by atoms with Crippen LogP contribution in [0.4, 0.5) is 10.2 Å². The van der Waals surface area contributed by atoms with E-state index in [0.29, 0.717) is 24.5 Å². The monoisotopic (exact) mass is 272 g/mol. The van der Waals surface area contributed by atoms with Gasteiger partial charge < -0.3 is 9.64 Å². The fraction of sp³-hybridized carbons (Fsp3) is 0.615. The van der Waals surface area contributed by atoms with E-state index in [0.717, 1.165) is 19.4 Å². The van der Waals surface area contributed by atoms with Crippen LogP contribution < -0.4 is 4.90 Å². The Kier molecular flexibility index (Phi) is 4.78. The lowest BCUT2D eigenvalue weighted by atomic mass is 10.1. The van der Waals surface area contributed by atoms with Gasteiger partial charge in [-0.3, -0.25) is 0 Å². The van der Waals surface area contributed by atoms with Crippen molar-refractivity contribution in [1.29, 1.82) is 0 Å². The molecule has 0 saturated carbocycles. The lowest BCUT2D eigenvalue weighted by Crippen LogP contribution is -2.40. The summed E-state index contributed by atoms with van der Waals surface area (Å²) in [4.78, 5) is 6.10. The van der Waals surface area contributed by atoms with Crippen LogP contribution >= 0.6 is 11.6 Å². The number of hydrogen-bond acceptors (Lipinski definition) is 3. The third kappa shape index (κ3) is 2.93. The lowest BCUT2D eigenvalue weighted by molar-refractivity contribution is 0.0524. The molecule has 0 bridgehead atoms. The third-order valence-electron chi connectivity index (χ3n) is 3.17. The van der Waals surface area contributed by atoms with Gasteiger partial charge in [-0.2, -0.15) is 0 Å². The third-order valence-corrected chi connectivity index (χ3v) is 3.46. The number of halogens is 2. The predicted octanol–water partition coefficient (Wildman–Crippen LogP) is 2.96. The highest BCUT2D eigenvalue weighted by Crippen LogP contribution is 2.24. The van der Waals surface area contributed by atoms with E-state index in [1.54, 1.807) is 12.3 Å². The van der Waals surface area contributed by atoms with Gasteiger partial charge >= 0.3 is 0 Å². The van der Waals surface area contributed by atoms with E-state index in [4.69, 9.17) is 16.3 Å². The van der Waals surface area contributed by atoms with Gasteiger partial charge in [0.2, 0.25) is 0 Å². The number of aromatic nitrogens is 1. The van der Waals surface area contributed by atoms with Crippen molar-refractivity contribution in [1.82, 2.24) is 4.98 Å². The maximum Gasteiger partial charge on any atom is 0.170 e. The molecule has 1 aliphatic rings. The molecule has 1 atom stereocenters. The molecule has 5 heteroatoms. The Morgan fingerprint density at radius 1 is 1.61 bits per heavy atom. The SMILES string of the molecule is CCOC1CCCN(c2nccc(CCl)c2F)C1. The number of hydrogen-bond donors (Lipinski definition) is 0. The zero-order chi connectivity index (χ0) is 13.0. The molecule has 1 saturated heterocycles. The molecule has 2 heterocycles. The Morgan fingerprint density at radius 2 is 2.44 bits per heavy atom. The minimum Gasteiger partial charge on any atom is -0.377 e. The van der Waals surface area contributed by atoms with E-state index in [9.17, 15) is 4.39 Å². The van der Waals surface area contributed by atoms with Crippen molar-refractivity contribution in [3.05, 3.63) is 23.6 Å². The second-order valence-electron chi connectivity index (χ2n) is 4.41. The van der Waals surface area contributed by atoms with Crippen LogP contribution in [0.5, 0.6) is 0 Å². The fourth-order valence-corrected chi connectivity index (χ4v) is 2.50. The van der Waals surface area contributed by atoms with Gasteiger partial charge in [0.15, 0.2) is 11.6 Å². The van der Waals surface area contributed by atoms with Crippen molar-refractivity contribution in [3.8, 4) is 0 Å². The van der Waals surface area contributed by atoms with Gasteiger partial charge in [-0.25, -0.2) is 9.37 Å². The van der Waals surface area contributed by atoms with E-state index >= 15 is 0 Å². The maximum absolute atomic E-state index is 14.1. The highest BCUT2D eigenvalue weighted by atomic mass is 35.5. The largest absolute Gasteiger partial charge is 0.377 e. The molecule has 18 heavy (non-hydrogen) atoms. The summed E-state index contributed by atoms with van der Waals surface area (Å²) in [5.41, 5.74) is 0.500. The van der Waals surface area contributed by atoms with Gasteiger partial charge in [-0.1, -0.05) is 0 Å². The molecule has 0 aromatic carbocycles. The predicted molar refractivity (Wildman–Crippen MR) is 70.6 cm³/mol. The minimum absolute atomic E-state index is 0.171. The number of nitrogens with zero attached hydrogens (tertiary/aromatic N) is 2.